The fourth-order valence-corrected chi connectivity index (χ4v) is 1.54. The average Bonchev–Trinajstić information content (AvgIpc) is 2.28. The van der Waals surface area contributed by atoms with E-state index in [2.05, 4.69) is 4.74 Å². The Hall–Kier alpha value is -1.68. The lowest BCUT2D eigenvalue weighted by Crippen LogP contribution is -2.38. The average molecular weight is 222 g/mol. The Bertz CT molecular complexity index is 385. The zero-order valence-electron chi connectivity index (χ0n) is 9.27. The van der Waals surface area contributed by atoms with E-state index >= 15 is 0 Å². The molecule has 0 heterocycles. The third-order valence-corrected chi connectivity index (χ3v) is 2.28. The number of methoxy groups -OCH3 is 1. The van der Waals surface area contributed by atoms with Crippen molar-refractivity contribution >= 4 is 11.8 Å². The predicted molar refractivity (Wildman–Crippen MR) is 57.7 cm³/mol. The summed E-state index contributed by atoms with van der Waals surface area (Å²) in [6.45, 7) is 1.32. The molecule has 0 bridgehead atoms. The van der Waals surface area contributed by atoms with E-state index in [1.807, 2.05) is 0 Å². The number of rotatable bonds is 4. The van der Waals surface area contributed by atoms with Gasteiger partial charge in [-0.25, -0.2) is 4.79 Å². The SMILES string of the molecule is COC(=O)C(O)(CC(C)=O)c1ccccc1. The van der Waals surface area contributed by atoms with Crippen molar-refractivity contribution in [3.05, 3.63) is 35.9 Å². The molecule has 0 aromatic heterocycles. The molecule has 0 aliphatic heterocycles. The van der Waals surface area contributed by atoms with E-state index in [1.165, 1.54) is 14.0 Å². The summed E-state index contributed by atoms with van der Waals surface area (Å²) in [6.07, 6.45) is -0.288. The Balaban J connectivity index is 3.14. The van der Waals surface area contributed by atoms with Crippen molar-refractivity contribution in [3.8, 4) is 0 Å². The second kappa shape index (κ2) is 4.90. The monoisotopic (exact) mass is 222 g/mol. The minimum Gasteiger partial charge on any atom is -0.467 e. The Kier molecular flexibility index (Phi) is 3.79. The van der Waals surface area contributed by atoms with E-state index in [0.717, 1.165) is 0 Å². The van der Waals surface area contributed by atoms with Crippen LogP contribution in [0.15, 0.2) is 30.3 Å². The van der Waals surface area contributed by atoms with Crippen LogP contribution in [0, 0.1) is 0 Å². The van der Waals surface area contributed by atoms with Crippen molar-refractivity contribution < 1.29 is 19.4 Å². The predicted octanol–water partition coefficient (Wildman–Crippen LogP) is 1.03. The molecule has 1 N–H and O–H groups in total. The second-order valence-electron chi connectivity index (χ2n) is 3.60. The molecule has 0 fully saturated rings. The highest BCUT2D eigenvalue weighted by Gasteiger charge is 2.40. The first kappa shape index (κ1) is 12.4. The van der Waals surface area contributed by atoms with Gasteiger partial charge < -0.3 is 9.84 Å². The van der Waals surface area contributed by atoms with Crippen LogP contribution in [0.2, 0.25) is 0 Å². The summed E-state index contributed by atoms with van der Waals surface area (Å²) in [5.41, 5.74) is -1.53. The highest BCUT2D eigenvalue weighted by Crippen LogP contribution is 2.26. The van der Waals surface area contributed by atoms with E-state index in [0.29, 0.717) is 5.56 Å². The number of carbonyl (C=O) groups is 2. The van der Waals surface area contributed by atoms with Gasteiger partial charge in [-0.15, -0.1) is 0 Å². The fraction of sp³-hybridized carbons (Fsp3) is 0.333. The topological polar surface area (TPSA) is 63.6 Å². The van der Waals surface area contributed by atoms with Crippen LogP contribution in [-0.2, 0) is 19.9 Å². The molecule has 86 valence electrons. The van der Waals surface area contributed by atoms with Crippen LogP contribution in [-0.4, -0.2) is 24.0 Å². The van der Waals surface area contributed by atoms with Crippen LogP contribution in [0.3, 0.4) is 0 Å². The van der Waals surface area contributed by atoms with Crippen molar-refractivity contribution in [2.45, 2.75) is 18.9 Å². The zero-order chi connectivity index (χ0) is 12.2. The molecule has 1 aromatic rings. The molecule has 0 saturated heterocycles. The van der Waals surface area contributed by atoms with Gasteiger partial charge in [-0.3, -0.25) is 4.79 Å². The molecule has 0 spiro atoms. The van der Waals surface area contributed by atoms with Gasteiger partial charge in [0.05, 0.1) is 7.11 Å². The van der Waals surface area contributed by atoms with Gasteiger partial charge in [-0.05, 0) is 12.5 Å². The summed E-state index contributed by atoms with van der Waals surface area (Å²) < 4.78 is 4.53. The van der Waals surface area contributed by atoms with Gasteiger partial charge in [-0.2, -0.15) is 0 Å². The third-order valence-electron chi connectivity index (χ3n) is 2.28. The molecule has 16 heavy (non-hydrogen) atoms. The highest BCUT2D eigenvalue weighted by atomic mass is 16.5. The number of benzene rings is 1. The molecule has 0 aliphatic carbocycles. The number of hydrogen-bond acceptors (Lipinski definition) is 4. The zero-order valence-corrected chi connectivity index (χ0v) is 9.27. The molecule has 1 atom stereocenters. The molecule has 1 unspecified atom stereocenters. The van der Waals surface area contributed by atoms with Gasteiger partial charge in [-0.1, -0.05) is 30.3 Å². The first-order valence-electron chi connectivity index (χ1n) is 4.86. The van der Waals surface area contributed by atoms with Crippen LogP contribution >= 0.6 is 0 Å². The molecule has 0 radical (unpaired) electrons. The summed E-state index contributed by atoms with van der Waals surface area (Å²) in [6, 6.07) is 8.29. The van der Waals surface area contributed by atoms with E-state index in [9.17, 15) is 14.7 Å². The number of esters is 1. The smallest absolute Gasteiger partial charge is 0.343 e. The van der Waals surface area contributed by atoms with E-state index in [1.54, 1.807) is 30.3 Å². The molecule has 0 amide bonds. The first-order valence-corrected chi connectivity index (χ1v) is 4.86. The molecular weight excluding hydrogens is 208 g/mol. The fourth-order valence-electron chi connectivity index (χ4n) is 1.54. The Labute approximate surface area is 93.9 Å². The number of aliphatic hydroxyl groups is 1. The summed E-state index contributed by atoms with van der Waals surface area (Å²) in [5.74, 6) is -1.11. The van der Waals surface area contributed by atoms with Gasteiger partial charge in [0.1, 0.15) is 5.78 Å². The molecule has 0 saturated carbocycles. The van der Waals surface area contributed by atoms with Crippen LogP contribution in [0.5, 0.6) is 0 Å². The van der Waals surface area contributed by atoms with Crippen LogP contribution < -0.4 is 0 Å². The maximum Gasteiger partial charge on any atom is 0.343 e. The number of hydrogen-bond donors (Lipinski definition) is 1. The quantitative estimate of drug-likeness (QED) is 0.773. The van der Waals surface area contributed by atoms with Crippen LogP contribution in [0.4, 0.5) is 0 Å². The van der Waals surface area contributed by atoms with Crippen molar-refractivity contribution in [3.63, 3.8) is 0 Å². The second-order valence-corrected chi connectivity index (χ2v) is 3.60. The van der Waals surface area contributed by atoms with Crippen molar-refractivity contribution in [1.82, 2.24) is 0 Å². The number of ether oxygens (including phenoxy) is 1. The normalized spacial score (nSPS) is 13.9. The van der Waals surface area contributed by atoms with Crippen molar-refractivity contribution in [2.75, 3.05) is 7.11 Å². The largest absolute Gasteiger partial charge is 0.467 e. The summed E-state index contributed by atoms with van der Waals surface area (Å²) in [5, 5.41) is 10.2. The molecule has 4 heteroatoms. The summed E-state index contributed by atoms with van der Waals surface area (Å²) in [7, 11) is 1.18. The molecule has 1 rings (SSSR count). The lowest BCUT2D eigenvalue weighted by molar-refractivity contribution is -0.166. The third kappa shape index (κ3) is 2.46. The van der Waals surface area contributed by atoms with E-state index < -0.39 is 11.6 Å². The van der Waals surface area contributed by atoms with E-state index in [4.69, 9.17) is 0 Å². The molecule has 0 aliphatic rings. The molecule has 1 aromatic carbocycles. The lowest BCUT2D eigenvalue weighted by Gasteiger charge is -2.24. The van der Waals surface area contributed by atoms with Gasteiger partial charge in [0.2, 0.25) is 0 Å². The first-order chi connectivity index (χ1) is 7.50. The molecule has 4 nitrogen and oxygen atoms in total. The number of ketones is 1. The Morgan fingerprint density at radius 3 is 2.31 bits per heavy atom. The van der Waals surface area contributed by atoms with Gasteiger partial charge in [0, 0.05) is 6.42 Å². The van der Waals surface area contributed by atoms with Gasteiger partial charge in [0.15, 0.2) is 5.60 Å². The maximum atomic E-state index is 11.5. The standard InChI is InChI=1S/C12H14O4/c1-9(13)8-12(15,11(14)16-2)10-6-4-3-5-7-10/h3-7,15H,8H2,1-2H3. The number of Topliss-reactive ketones (excluding diaryl/α,β-unsaturated/α-hetero) is 1. The van der Waals surface area contributed by atoms with Gasteiger partial charge in [0.25, 0.3) is 0 Å². The van der Waals surface area contributed by atoms with Crippen LogP contribution in [0.25, 0.3) is 0 Å². The summed E-state index contributed by atoms with van der Waals surface area (Å²) in [4.78, 5) is 22.6. The van der Waals surface area contributed by atoms with Crippen molar-refractivity contribution in [1.29, 1.82) is 0 Å². The van der Waals surface area contributed by atoms with E-state index in [-0.39, 0.29) is 12.2 Å². The van der Waals surface area contributed by atoms with Gasteiger partial charge >= 0.3 is 5.97 Å². The van der Waals surface area contributed by atoms with Crippen LogP contribution in [0.1, 0.15) is 18.9 Å². The number of carbonyl (C=O) groups excluding carboxylic acids is 2. The Morgan fingerprint density at radius 2 is 1.88 bits per heavy atom. The summed E-state index contributed by atoms with van der Waals surface area (Å²) >= 11 is 0. The minimum atomic E-state index is -1.89. The molecular formula is C12H14O4. The Morgan fingerprint density at radius 1 is 1.31 bits per heavy atom. The minimum absolute atomic E-state index is 0.281. The maximum absolute atomic E-state index is 11.5. The van der Waals surface area contributed by atoms with Crippen molar-refractivity contribution in [2.24, 2.45) is 0 Å². The lowest BCUT2D eigenvalue weighted by atomic mass is 9.89. The highest BCUT2D eigenvalue weighted by molar-refractivity contribution is 5.88.